The molecule has 0 saturated heterocycles. The number of rotatable bonds is 17. The number of nitrogens with one attached hydrogen (secondary N) is 4. The van der Waals surface area contributed by atoms with Crippen molar-refractivity contribution in [2.45, 2.75) is 56.3 Å². The third-order valence-electron chi connectivity index (χ3n) is 5.83. The van der Waals surface area contributed by atoms with E-state index in [4.69, 9.17) is 17.2 Å². The van der Waals surface area contributed by atoms with Crippen LogP contribution in [0.15, 0.2) is 47.8 Å². The number of aliphatic imine (C=N–C) groups is 1. The summed E-state index contributed by atoms with van der Waals surface area (Å²) >= 11 is 0. The molecule has 0 unspecified atom stereocenters. The quantitative estimate of drug-likeness (QED) is 0.0545. The number of guanidine groups is 1. The molecule has 0 saturated carbocycles. The van der Waals surface area contributed by atoms with Crippen LogP contribution in [0.1, 0.15) is 30.5 Å². The highest BCUT2D eigenvalue weighted by Crippen LogP contribution is 2.07. The number of hydrogen-bond acceptors (Lipinski definition) is 8. The molecule has 3 amide bonds. The number of hydrogen-bond donors (Lipinski definition) is 9. The largest absolute Gasteiger partial charge is 0.481 e. The predicted octanol–water partition coefficient (Wildman–Crippen LogP) is -2.41. The number of nitrogens with two attached hydrogens (primary N) is 3. The number of aliphatic carboxylic acids is 2. The van der Waals surface area contributed by atoms with E-state index in [9.17, 15) is 34.2 Å². The lowest BCUT2D eigenvalue weighted by molar-refractivity contribution is -0.143. The first kappa shape index (κ1) is 32.2. The summed E-state index contributed by atoms with van der Waals surface area (Å²) in [6.45, 7) is 0.245. The Bertz CT molecular complexity index is 1200. The van der Waals surface area contributed by atoms with Gasteiger partial charge in [0.2, 0.25) is 17.7 Å². The topological polar surface area (TPSA) is 281 Å². The van der Waals surface area contributed by atoms with Crippen LogP contribution in [0, 0.1) is 0 Å². The van der Waals surface area contributed by atoms with Crippen molar-refractivity contribution in [3.05, 3.63) is 54.1 Å². The molecule has 4 atom stereocenters. The van der Waals surface area contributed by atoms with E-state index in [1.165, 1.54) is 12.5 Å². The molecule has 2 rings (SSSR count). The van der Waals surface area contributed by atoms with Crippen molar-refractivity contribution in [1.82, 2.24) is 25.9 Å². The Morgan fingerprint density at radius 3 is 2.12 bits per heavy atom. The number of carboxylic acids is 2. The maximum atomic E-state index is 13.2. The van der Waals surface area contributed by atoms with Crippen LogP contribution >= 0.6 is 0 Å². The zero-order chi connectivity index (χ0) is 30.4. The van der Waals surface area contributed by atoms with E-state index >= 15 is 0 Å². The summed E-state index contributed by atoms with van der Waals surface area (Å²) in [5.74, 6) is -5.46. The smallest absolute Gasteiger partial charge is 0.326 e. The van der Waals surface area contributed by atoms with Crippen LogP contribution in [0.5, 0.6) is 0 Å². The number of amides is 3. The lowest BCUT2D eigenvalue weighted by Gasteiger charge is -2.24. The molecule has 0 aliphatic rings. The highest BCUT2D eigenvalue weighted by atomic mass is 16.4. The van der Waals surface area contributed by atoms with Gasteiger partial charge in [-0.1, -0.05) is 30.3 Å². The second kappa shape index (κ2) is 16.2. The number of carbonyl (C=O) groups excluding carboxylic acids is 3. The molecule has 16 heteroatoms. The van der Waals surface area contributed by atoms with Gasteiger partial charge in [-0.2, -0.15) is 0 Å². The molecule has 1 aromatic carbocycles. The molecule has 16 nitrogen and oxygen atoms in total. The van der Waals surface area contributed by atoms with E-state index in [1.807, 2.05) is 0 Å². The van der Waals surface area contributed by atoms with E-state index < -0.39 is 60.2 Å². The first-order valence-electron chi connectivity index (χ1n) is 12.6. The Labute approximate surface area is 235 Å². The molecule has 222 valence electrons. The molecule has 41 heavy (non-hydrogen) atoms. The van der Waals surface area contributed by atoms with E-state index in [1.54, 1.807) is 30.3 Å². The minimum atomic E-state index is -1.65. The van der Waals surface area contributed by atoms with E-state index in [-0.39, 0.29) is 31.8 Å². The van der Waals surface area contributed by atoms with Gasteiger partial charge in [0, 0.05) is 31.3 Å². The fourth-order valence-electron chi connectivity index (χ4n) is 3.73. The van der Waals surface area contributed by atoms with Crippen LogP contribution < -0.4 is 33.2 Å². The molecule has 0 spiro atoms. The number of carbonyl (C=O) groups is 5. The van der Waals surface area contributed by atoms with Gasteiger partial charge >= 0.3 is 11.9 Å². The molecular formula is C25H35N9O7. The lowest BCUT2D eigenvalue weighted by Crippen LogP contribution is -2.58. The minimum absolute atomic E-state index is 0.0742. The third-order valence-corrected chi connectivity index (χ3v) is 5.83. The van der Waals surface area contributed by atoms with E-state index in [2.05, 4.69) is 30.9 Å². The Morgan fingerprint density at radius 1 is 0.902 bits per heavy atom. The second-order valence-corrected chi connectivity index (χ2v) is 9.15. The van der Waals surface area contributed by atoms with E-state index in [0.29, 0.717) is 17.7 Å². The minimum Gasteiger partial charge on any atom is -0.481 e. The Morgan fingerprint density at radius 2 is 1.54 bits per heavy atom. The normalized spacial score (nSPS) is 13.6. The van der Waals surface area contributed by atoms with Crippen LogP contribution in [0.25, 0.3) is 0 Å². The van der Waals surface area contributed by atoms with Gasteiger partial charge < -0.3 is 48.3 Å². The van der Waals surface area contributed by atoms with Crippen LogP contribution in [0.3, 0.4) is 0 Å². The van der Waals surface area contributed by atoms with Crippen molar-refractivity contribution < 1.29 is 34.2 Å². The third kappa shape index (κ3) is 11.7. The van der Waals surface area contributed by atoms with Crippen molar-refractivity contribution in [2.24, 2.45) is 22.2 Å². The Balaban J connectivity index is 2.14. The van der Waals surface area contributed by atoms with Gasteiger partial charge in [-0.3, -0.25) is 24.2 Å². The van der Waals surface area contributed by atoms with Crippen molar-refractivity contribution >= 4 is 35.6 Å². The number of aromatic nitrogens is 2. The molecular weight excluding hydrogens is 538 g/mol. The van der Waals surface area contributed by atoms with Crippen LogP contribution in [0.4, 0.5) is 0 Å². The van der Waals surface area contributed by atoms with Gasteiger partial charge in [0.15, 0.2) is 5.96 Å². The second-order valence-electron chi connectivity index (χ2n) is 9.15. The van der Waals surface area contributed by atoms with Gasteiger partial charge in [0.05, 0.1) is 18.8 Å². The van der Waals surface area contributed by atoms with Gasteiger partial charge in [-0.05, 0) is 18.4 Å². The standard InChI is InChI=1S/C25H35N9O7/c26-16(7-4-8-30-25(27)28)21(37)32-17(10-15-12-29-13-31-15)22(38)33-18(11-20(35)36)23(39)34-19(24(40)41)9-14-5-2-1-3-6-14/h1-3,5-6,12-13,16-19H,4,7-11,26H2,(H,29,31)(H,32,37)(H,33,38)(H,34,39)(H,35,36)(H,40,41)(H4,27,28,30)/t16-,17-,18-,19-/m0/s1. The van der Waals surface area contributed by atoms with Gasteiger partial charge in [-0.25, -0.2) is 9.78 Å². The first-order valence-corrected chi connectivity index (χ1v) is 12.6. The number of aromatic amines is 1. The highest BCUT2D eigenvalue weighted by molar-refractivity contribution is 5.95. The summed E-state index contributed by atoms with van der Waals surface area (Å²) in [7, 11) is 0. The monoisotopic (exact) mass is 573 g/mol. The SMILES string of the molecule is NC(N)=NCCC[C@H](N)C(=O)N[C@@H](Cc1cnc[nH]1)C(=O)N[C@@H](CC(=O)O)C(=O)N[C@@H](Cc1ccccc1)C(=O)O. The summed E-state index contributed by atoms with van der Waals surface area (Å²) in [5.41, 5.74) is 17.6. The summed E-state index contributed by atoms with van der Waals surface area (Å²) < 4.78 is 0. The van der Waals surface area contributed by atoms with Crippen molar-refractivity contribution in [3.8, 4) is 0 Å². The number of benzene rings is 1. The highest BCUT2D eigenvalue weighted by Gasteiger charge is 2.32. The summed E-state index contributed by atoms with van der Waals surface area (Å²) in [4.78, 5) is 72.7. The molecule has 0 bridgehead atoms. The summed E-state index contributed by atoms with van der Waals surface area (Å²) in [6.07, 6.45) is 2.36. The van der Waals surface area contributed by atoms with Crippen LogP contribution in [-0.4, -0.2) is 86.5 Å². The van der Waals surface area contributed by atoms with Crippen LogP contribution in [0.2, 0.25) is 0 Å². The van der Waals surface area contributed by atoms with Crippen molar-refractivity contribution in [2.75, 3.05) is 6.54 Å². The maximum Gasteiger partial charge on any atom is 0.326 e. The molecule has 0 fully saturated rings. The Hall–Kier alpha value is -4.99. The summed E-state index contributed by atoms with van der Waals surface area (Å²) in [5, 5.41) is 26.1. The molecule has 1 heterocycles. The summed E-state index contributed by atoms with van der Waals surface area (Å²) in [6, 6.07) is 3.15. The van der Waals surface area contributed by atoms with Gasteiger partial charge in [-0.15, -0.1) is 0 Å². The average molecular weight is 574 g/mol. The zero-order valence-electron chi connectivity index (χ0n) is 22.2. The van der Waals surface area contributed by atoms with Gasteiger partial charge in [0.25, 0.3) is 0 Å². The molecule has 0 aliphatic carbocycles. The average Bonchev–Trinajstić information content (AvgIpc) is 3.43. The van der Waals surface area contributed by atoms with Crippen molar-refractivity contribution in [3.63, 3.8) is 0 Å². The Kier molecular flexibility index (Phi) is 12.7. The predicted molar refractivity (Wildman–Crippen MR) is 146 cm³/mol. The van der Waals surface area contributed by atoms with Gasteiger partial charge in [0.1, 0.15) is 18.1 Å². The molecule has 2 aromatic rings. The fourth-order valence-corrected chi connectivity index (χ4v) is 3.73. The molecule has 1 aromatic heterocycles. The first-order chi connectivity index (χ1) is 19.5. The number of H-pyrrole nitrogens is 1. The fraction of sp³-hybridized carbons (Fsp3) is 0.400. The number of nitrogens with zero attached hydrogens (tertiary/aromatic N) is 2. The van der Waals surface area contributed by atoms with E-state index in [0.717, 1.165) is 0 Å². The number of imidazole rings is 1. The zero-order valence-corrected chi connectivity index (χ0v) is 22.2. The molecule has 0 radical (unpaired) electrons. The molecule has 0 aliphatic heterocycles. The number of carboxylic acid groups (broad SMARTS) is 2. The maximum absolute atomic E-state index is 13.2. The lowest BCUT2D eigenvalue weighted by atomic mass is 10.0. The molecule has 12 N–H and O–H groups in total. The van der Waals surface area contributed by atoms with Crippen molar-refractivity contribution in [1.29, 1.82) is 0 Å². The van der Waals surface area contributed by atoms with Crippen LogP contribution in [-0.2, 0) is 36.8 Å².